The van der Waals surface area contributed by atoms with Crippen molar-refractivity contribution in [2.24, 2.45) is 11.1 Å². The molecule has 136 valence electrons. The van der Waals surface area contributed by atoms with Gasteiger partial charge in [-0.2, -0.15) is 0 Å². The zero-order valence-corrected chi connectivity index (χ0v) is 15.0. The number of nitrogens with one attached hydrogen (secondary N) is 2. The van der Waals surface area contributed by atoms with Crippen molar-refractivity contribution in [2.75, 3.05) is 7.05 Å². The molecule has 8 heteroatoms. The fourth-order valence-corrected chi connectivity index (χ4v) is 3.22. The van der Waals surface area contributed by atoms with E-state index in [-0.39, 0.29) is 23.8 Å². The lowest BCUT2D eigenvalue weighted by Crippen LogP contribution is -2.58. The average Bonchev–Trinajstić information content (AvgIpc) is 2.88. The van der Waals surface area contributed by atoms with Gasteiger partial charge >= 0.3 is 0 Å². The van der Waals surface area contributed by atoms with Crippen LogP contribution in [0.5, 0.6) is 0 Å². The molecule has 0 aromatic rings. The first-order chi connectivity index (χ1) is 11.0. The molecule has 1 aliphatic heterocycles. The molecular formula is C16H28N4O4. The molecule has 0 spiro atoms. The lowest BCUT2D eigenvalue weighted by molar-refractivity contribution is -0.145. The topological polar surface area (TPSA) is 122 Å². The molecule has 4 amide bonds. The molecule has 0 bridgehead atoms. The summed E-state index contributed by atoms with van der Waals surface area (Å²) >= 11 is 0. The van der Waals surface area contributed by atoms with E-state index >= 15 is 0 Å². The highest BCUT2D eigenvalue weighted by Crippen LogP contribution is 2.36. The van der Waals surface area contributed by atoms with Crippen LogP contribution in [0.1, 0.15) is 47.0 Å². The molecule has 1 fully saturated rings. The third-order valence-corrected chi connectivity index (χ3v) is 4.27. The largest absolute Gasteiger partial charge is 0.370 e. The SMILES string of the molecule is CNC(=O)[C@@H]1CC[C@H](C(C)(C)C)N1C(=O)[C@H](CC(N)=O)NC(C)=O. The fourth-order valence-electron chi connectivity index (χ4n) is 3.22. The van der Waals surface area contributed by atoms with Gasteiger partial charge in [-0.1, -0.05) is 20.8 Å². The molecule has 0 radical (unpaired) electrons. The zero-order chi connectivity index (χ0) is 18.7. The number of rotatable bonds is 5. The van der Waals surface area contributed by atoms with Crippen LogP contribution in [0.15, 0.2) is 0 Å². The van der Waals surface area contributed by atoms with Gasteiger partial charge in [0.15, 0.2) is 0 Å². The van der Waals surface area contributed by atoms with E-state index in [4.69, 9.17) is 5.73 Å². The third kappa shape index (κ3) is 4.69. The molecule has 1 saturated heterocycles. The summed E-state index contributed by atoms with van der Waals surface area (Å²) in [5.74, 6) is -1.83. The van der Waals surface area contributed by atoms with Crippen molar-refractivity contribution in [1.29, 1.82) is 0 Å². The summed E-state index contributed by atoms with van der Waals surface area (Å²) in [6, 6.07) is -1.84. The number of primary amides is 1. The molecule has 0 saturated carbocycles. The Hall–Kier alpha value is -2.12. The minimum absolute atomic E-state index is 0.170. The van der Waals surface area contributed by atoms with E-state index in [1.165, 1.54) is 18.9 Å². The van der Waals surface area contributed by atoms with E-state index in [0.29, 0.717) is 12.8 Å². The maximum Gasteiger partial charge on any atom is 0.246 e. The Morgan fingerprint density at radius 1 is 1.21 bits per heavy atom. The highest BCUT2D eigenvalue weighted by Gasteiger charge is 2.47. The van der Waals surface area contributed by atoms with Crippen LogP contribution < -0.4 is 16.4 Å². The molecule has 8 nitrogen and oxygen atoms in total. The first-order valence-corrected chi connectivity index (χ1v) is 8.08. The quantitative estimate of drug-likeness (QED) is 0.625. The van der Waals surface area contributed by atoms with Crippen LogP contribution in [-0.4, -0.2) is 53.7 Å². The second-order valence-electron chi connectivity index (χ2n) is 7.26. The molecule has 0 aromatic heterocycles. The summed E-state index contributed by atoms with van der Waals surface area (Å²) in [7, 11) is 1.52. The standard InChI is InChI=1S/C16H28N4O4/c1-9(21)19-10(8-13(17)22)15(24)20-11(14(23)18-5)6-7-12(20)16(2,3)4/h10-12H,6-8H2,1-5H3,(H2,17,22)(H,18,23)(H,19,21)/t10-,11-,12+/m0/s1. The third-order valence-electron chi connectivity index (χ3n) is 4.27. The van der Waals surface area contributed by atoms with Gasteiger partial charge in [-0.3, -0.25) is 19.2 Å². The number of likely N-dealkylation sites (tertiary alicyclic amines) is 1. The summed E-state index contributed by atoms with van der Waals surface area (Å²) in [6.07, 6.45) is 0.916. The fraction of sp³-hybridized carbons (Fsp3) is 0.750. The number of nitrogens with two attached hydrogens (primary N) is 1. The highest BCUT2D eigenvalue weighted by molar-refractivity contribution is 5.95. The van der Waals surface area contributed by atoms with Crippen LogP contribution >= 0.6 is 0 Å². The Morgan fingerprint density at radius 3 is 2.21 bits per heavy atom. The van der Waals surface area contributed by atoms with Gasteiger partial charge in [-0.15, -0.1) is 0 Å². The summed E-state index contributed by atoms with van der Waals surface area (Å²) in [4.78, 5) is 49.4. The minimum Gasteiger partial charge on any atom is -0.370 e. The summed E-state index contributed by atoms with van der Waals surface area (Å²) in [6.45, 7) is 7.24. The Balaban J connectivity index is 3.18. The Labute approximate surface area is 142 Å². The average molecular weight is 340 g/mol. The predicted molar refractivity (Wildman–Crippen MR) is 88.6 cm³/mol. The van der Waals surface area contributed by atoms with Gasteiger partial charge in [0.2, 0.25) is 23.6 Å². The molecule has 0 unspecified atom stereocenters. The van der Waals surface area contributed by atoms with Gasteiger partial charge < -0.3 is 21.3 Å². The van der Waals surface area contributed by atoms with Gasteiger partial charge in [0.1, 0.15) is 12.1 Å². The maximum atomic E-state index is 13.0. The Bertz CT molecular complexity index is 511. The Morgan fingerprint density at radius 2 is 1.79 bits per heavy atom. The van der Waals surface area contributed by atoms with Gasteiger partial charge in [-0.25, -0.2) is 0 Å². The molecule has 1 rings (SSSR count). The van der Waals surface area contributed by atoms with Crippen LogP contribution in [0.4, 0.5) is 0 Å². The molecule has 4 N–H and O–H groups in total. The lowest BCUT2D eigenvalue weighted by atomic mass is 9.85. The normalized spacial score (nSPS) is 22.0. The molecule has 1 heterocycles. The van der Waals surface area contributed by atoms with Crippen molar-refractivity contribution in [3.63, 3.8) is 0 Å². The Kier molecular flexibility index (Phi) is 6.34. The number of likely N-dealkylation sites (N-methyl/N-ethyl adjacent to an activating group) is 1. The number of carbonyl (C=O) groups is 4. The van der Waals surface area contributed by atoms with Gasteiger partial charge in [0.25, 0.3) is 0 Å². The summed E-state index contributed by atoms with van der Waals surface area (Å²) < 4.78 is 0. The number of hydrogen-bond acceptors (Lipinski definition) is 4. The number of hydrogen-bond donors (Lipinski definition) is 3. The summed E-state index contributed by atoms with van der Waals surface area (Å²) in [5, 5.41) is 5.05. The van der Waals surface area contributed by atoms with Crippen molar-refractivity contribution in [1.82, 2.24) is 15.5 Å². The molecule has 0 aliphatic carbocycles. The van der Waals surface area contributed by atoms with Crippen molar-refractivity contribution in [3.05, 3.63) is 0 Å². The monoisotopic (exact) mass is 340 g/mol. The van der Waals surface area contributed by atoms with E-state index in [2.05, 4.69) is 10.6 Å². The zero-order valence-electron chi connectivity index (χ0n) is 15.0. The molecule has 0 aromatic carbocycles. The van der Waals surface area contributed by atoms with E-state index < -0.39 is 29.8 Å². The molecule has 3 atom stereocenters. The van der Waals surface area contributed by atoms with Crippen molar-refractivity contribution >= 4 is 23.6 Å². The predicted octanol–water partition coefficient (Wildman–Crippen LogP) is -0.482. The van der Waals surface area contributed by atoms with E-state index in [9.17, 15) is 19.2 Å². The van der Waals surface area contributed by atoms with Crippen LogP contribution in [0.25, 0.3) is 0 Å². The number of nitrogens with zero attached hydrogens (tertiary/aromatic N) is 1. The van der Waals surface area contributed by atoms with Crippen LogP contribution in [-0.2, 0) is 19.2 Å². The number of amides is 4. The first kappa shape index (κ1) is 19.9. The van der Waals surface area contributed by atoms with E-state index in [1.54, 1.807) is 0 Å². The second kappa shape index (κ2) is 7.63. The minimum atomic E-state index is -1.06. The van der Waals surface area contributed by atoms with E-state index in [1.807, 2.05) is 20.8 Å². The molecular weight excluding hydrogens is 312 g/mol. The van der Waals surface area contributed by atoms with Crippen molar-refractivity contribution in [3.8, 4) is 0 Å². The molecule has 1 aliphatic rings. The molecule has 24 heavy (non-hydrogen) atoms. The van der Waals surface area contributed by atoms with Crippen LogP contribution in [0, 0.1) is 5.41 Å². The second-order valence-corrected chi connectivity index (χ2v) is 7.26. The van der Waals surface area contributed by atoms with Crippen LogP contribution in [0.3, 0.4) is 0 Å². The smallest absolute Gasteiger partial charge is 0.246 e. The van der Waals surface area contributed by atoms with Crippen molar-refractivity contribution < 1.29 is 19.2 Å². The lowest BCUT2D eigenvalue weighted by Gasteiger charge is -2.39. The van der Waals surface area contributed by atoms with Crippen molar-refractivity contribution in [2.45, 2.75) is 65.1 Å². The van der Waals surface area contributed by atoms with E-state index in [0.717, 1.165) is 0 Å². The first-order valence-electron chi connectivity index (χ1n) is 8.08. The highest BCUT2D eigenvalue weighted by atomic mass is 16.2. The van der Waals surface area contributed by atoms with Gasteiger partial charge in [0.05, 0.1) is 6.42 Å². The number of carbonyl (C=O) groups excluding carboxylic acids is 4. The maximum absolute atomic E-state index is 13.0. The van der Waals surface area contributed by atoms with Crippen LogP contribution in [0.2, 0.25) is 0 Å². The van der Waals surface area contributed by atoms with Gasteiger partial charge in [0, 0.05) is 20.0 Å². The summed E-state index contributed by atoms with van der Waals surface area (Å²) in [5.41, 5.74) is 4.96. The van der Waals surface area contributed by atoms with Gasteiger partial charge in [-0.05, 0) is 18.3 Å².